The van der Waals surface area contributed by atoms with Crippen molar-refractivity contribution in [3.05, 3.63) is 75.0 Å². The number of nitro groups is 2. The van der Waals surface area contributed by atoms with Crippen molar-refractivity contribution >= 4 is 11.4 Å². The molecule has 0 fully saturated rings. The van der Waals surface area contributed by atoms with Gasteiger partial charge in [-0.05, 0) is 29.8 Å². The number of benzene rings is 2. The lowest BCUT2D eigenvalue weighted by molar-refractivity contribution is -0.385. The molecule has 24 heavy (non-hydrogen) atoms. The van der Waals surface area contributed by atoms with Crippen LogP contribution in [-0.2, 0) is 7.05 Å². The molecular weight excluding hydrogens is 312 g/mol. The molecule has 0 radical (unpaired) electrons. The minimum absolute atomic E-state index is 0.0119. The molecular formula is C16H12N4O4. The Kier molecular flexibility index (Phi) is 3.78. The molecule has 2 aromatic carbocycles. The second-order valence-electron chi connectivity index (χ2n) is 5.14. The number of nitro benzene ring substituents is 2. The summed E-state index contributed by atoms with van der Waals surface area (Å²) >= 11 is 0. The first-order chi connectivity index (χ1) is 11.5. The Balaban J connectivity index is 2.05. The van der Waals surface area contributed by atoms with E-state index < -0.39 is 9.85 Å². The van der Waals surface area contributed by atoms with Crippen molar-refractivity contribution < 1.29 is 9.85 Å². The summed E-state index contributed by atoms with van der Waals surface area (Å²) in [5.74, 6) is 0. The van der Waals surface area contributed by atoms with Gasteiger partial charge in [0, 0.05) is 42.4 Å². The van der Waals surface area contributed by atoms with Crippen LogP contribution in [0.25, 0.3) is 22.4 Å². The molecule has 0 bridgehead atoms. The van der Waals surface area contributed by atoms with Crippen molar-refractivity contribution in [3.63, 3.8) is 0 Å². The second-order valence-corrected chi connectivity index (χ2v) is 5.14. The predicted octanol–water partition coefficient (Wildman–Crippen LogP) is 3.57. The molecule has 3 rings (SSSR count). The Morgan fingerprint density at radius 3 is 1.75 bits per heavy atom. The van der Waals surface area contributed by atoms with Crippen LogP contribution in [0.2, 0.25) is 0 Å². The van der Waals surface area contributed by atoms with Crippen LogP contribution in [0, 0.1) is 20.2 Å². The lowest BCUT2D eigenvalue weighted by Crippen LogP contribution is -1.95. The Morgan fingerprint density at radius 1 is 0.833 bits per heavy atom. The van der Waals surface area contributed by atoms with Gasteiger partial charge in [0.05, 0.1) is 21.7 Å². The molecule has 0 aliphatic rings. The molecule has 3 aromatic rings. The van der Waals surface area contributed by atoms with Crippen molar-refractivity contribution in [3.8, 4) is 22.4 Å². The van der Waals surface area contributed by atoms with Crippen molar-refractivity contribution in [1.82, 2.24) is 9.78 Å². The van der Waals surface area contributed by atoms with Gasteiger partial charge < -0.3 is 0 Å². The van der Waals surface area contributed by atoms with Gasteiger partial charge in [-0.15, -0.1) is 0 Å². The molecule has 1 aromatic heterocycles. The van der Waals surface area contributed by atoms with Gasteiger partial charge >= 0.3 is 0 Å². The summed E-state index contributed by atoms with van der Waals surface area (Å²) in [4.78, 5) is 20.6. The standard InChI is InChI=1S/C16H12N4O4/c1-18-16(12-4-8-14(9-5-12)20(23)24)15(10-17-18)11-2-6-13(7-3-11)19(21)22/h2-10H,1H3. The van der Waals surface area contributed by atoms with Gasteiger partial charge in [-0.25, -0.2) is 0 Å². The highest BCUT2D eigenvalue weighted by atomic mass is 16.6. The fourth-order valence-electron chi connectivity index (χ4n) is 2.49. The highest BCUT2D eigenvalue weighted by Crippen LogP contribution is 2.33. The van der Waals surface area contributed by atoms with E-state index in [1.807, 2.05) is 0 Å². The summed E-state index contributed by atoms with van der Waals surface area (Å²) in [6.07, 6.45) is 1.66. The second kappa shape index (κ2) is 5.92. The number of hydrogen-bond donors (Lipinski definition) is 0. The van der Waals surface area contributed by atoms with E-state index in [4.69, 9.17) is 0 Å². The third kappa shape index (κ3) is 2.72. The van der Waals surface area contributed by atoms with Gasteiger partial charge in [-0.1, -0.05) is 0 Å². The van der Waals surface area contributed by atoms with E-state index in [1.165, 1.54) is 24.3 Å². The number of nitrogens with zero attached hydrogens (tertiary/aromatic N) is 4. The van der Waals surface area contributed by atoms with E-state index >= 15 is 0 Å². The first-order valence-electron chi connectivity index (χ1n) is 6.99. The molecule has 0 atom stereocenters. The summed E-state index contributed by atoms with van der Waals surface area (Å²) in [5.41, 5.74) is 3.15. The normalized spacial score (nSPS) is 10.5. The van der Waals surface area contributed by atoms with Crippen molar-refractivity contribution in [2.45, 2.75) is 0 Å². The minimum atomic E-state index is -0.454. The Morgan fingerprint density at radius 2 is 1.29 bits per heavy atom. The maximum atomic E-state index is 10.8. The van der Waals surface area contributed by atoms with Crippen LogP contribution < -0.4 is 0 Å². The molecule has 8 nitrogen and oxygen atoms in total. The summed E-state index contributed by atoms with van der Waals surface area (Å²) in [6.45, 7) is 0. The number of hydrogen-bond acceptors (Lipinski definition) is 5. The minimum Gasteiger partial charge on any atom is -0.267 e. The van der Waals surface area contributed by atoms with Gasteiger partial charge in [0.25, 0.3) is 11.4 Å². The Hall–Kier alpha value is -3.55. The third-order valence-corrected chi connectivity index (χ3v) is 3.68. The van der Waals surface area contributed by atoms with E-state index in [-0.39, 0.29) is 11.4 Å². The summed E-state index contributed by atoms with van der Waals surface area (Å²) in [5, 5.41) is 25.8. The molecule has 0 amide bonds. The highest BCUT2D eigenvalue weighted by Gasteiger charge is 2.15. The van der Waals surface area contributed by atoms with Crippen molar-refractivity contribution in [2.75, 3.05) is 0 Å². The van der Waals surface area contributed by atoms with Crippen molar-refractivity contribution in [2.24, 2.45) is 7.05 Å². The fraction of sp³-hybridized carbons (Fsp3) is 0.0625. The van der Waals surface area contributed by atoms with E-state index in [1.54, 1.807) is 42.2 Å². The van der Waals surface area contributed by atoms with E-state index in [2.05, 4.69) is 5.10 Å². The highest BCUT2D eigenvalue weighted by molar-refractivity contribution is 5.81. The maximum absolute atomic E-state index is 10.8. The molecule has 120 valence electrons. The Bertz CT molecular complexity index is 914. The topological polar surface area (TPSA) is 104 Å². The fourth-order valence-corrected chi connectivity index (χ4v) is 2.49. The number of aryl methyl sites for hydroxylation is 1. The largest absolute Gasteiger partial charge is 0.269 e. The number of aromatic nitrogens is 2. The van der Waals surface area contributed by atoms with Crippen LogP contribution in [0.15, 0.2) is 54.7 Å². The molecule has 0 aliphatic carbocycles. The zero-order valence-electron chi connectivity index (χ0n) is 12.6. The van der Waals surface area contributed by atoms with Crippen LogP contribution in [0.5, 0.6) is 0 Å². The van der Waals surface area contributed by atoms with Crippen LogP contribution in [0.1, 0.15) is 0 Å². The SMILES string of the molecule is Cn1ncc(-c2ccc([N+](=O)[O-])cc2)c1-c1ccc([N+](=O)[O-])cc1. The summed E-state index contributed by atoms with van der Waals surface area (Å²) in [6, 6.07) is 12.4. The van der Waals surface area contributed by atoms with Gasteiger partial charge in [-0.3, -0.25) is 24.9 Å². The summed E-state index contributed by atoms with van der Waals surface area (Å²) < 4.78 is 1.66. The molecule has 0 saturated heterocycles. The van der Waals surface area contributed by atoms with Crippen LogP contribution in [0.3, 0.4) is 0 Å². The quantitative estimate of drug-likeness (QED) is 0.539. The third-order valence-electron chi connectivity index (χ3n) is 3.68. The zero-order chi connectivity index (χ0) is 17.3. The van der Waals surface area contributed by atoms with E-state index in [0.29, 0.717) is 0 Å². The summed E-state index contributed by atoms with van der Waals surface area (Å²) in [7, 11) is 1.77. The van der Waals surface area contributed by atoms with Crippen LogP contribution in [0.4, 0.5) is 11.4 Å². The van der Waals surface area contributed by atoms with Crippen LogP contribution >= 0.6 is 0 Å². The molecule has 0 unspecified atom stereocenters. The monoisotopic (exact) mass is 324 g/mol. The smallest absolute Gasteiger partial charge is 0.267 e. The van der Waals surface area contributed by atoms with E-state index in [9.17, 15) is 20.2 Å². The number of rotatable bonds is 4. The molecule has 0 spiro atoms. The average Bonchev–Trinajstić information content (AvgIpc) is 2.96. The first-order valence-corrected chi connectivity index (χ1v) is 6.99. The lowest BCUT2D eigenvalue weighted by atomic mass is 10.0. The van der Waals surface area contributed by atoms with E-state index in [0.717, 1.165) is 22.4 Å². The molecule has 1 heterocycles. The zero-order valence-corrected chi connectivity index (χ0v) is 12.6. The molecule has 0 saturated carbocycles. The molecule has 0 N–H and O–H groups in total. The lowest BCUT2D eigenvalue weighted by Gasteiger charge is -2.07. The predicted molar refractivity (Wildman–Crippen MR) is 87.4 cm³/mol. The van der Waals surface area contributed by atoms with Gasteiger partial charge in [0.2, 0.25) is 0 Å². The molecule has 8 heteroatoms. The maximum Gasteiger partial charge on any atom is 0.269 e. The average molecular weight is 324 g/mol. The van der Waals surface area contributed by atoms with Gasteiger partial charge in [0.15, 0.2) is 0 Å². The molecule has 0 aliphatic heterocycles. The Labute approximate surface area is 136 Å². The van der Waals surface area contributed by atoms with Gasteiger partial charge in [0.1, 0.15) is 0 Å². The van der Waals surface area contributed by atoms with Crippen molar-refractivity contribution in [1.29, 1.82) is 0 Å². The van der Waals surface area contributed by atoms with Crippen LogP contribution in [-0.4, -0.2) is 19.6 Å². The first kappa shape index (κ1) is 15.3. The number of non-ortho nitro benzene ring substituents is 2. The van der Waals surface area contributed by atoms with Gasteiger partial charge in [-0.2, -0.15) is 5.10 Å².